The van der Waals surface area contributed by atoms with Gasteiger partial charge in [0.1, 0.15) is 6.10 Å². The van der Waals surface area contributed by atoms with Gasteiger partial charge >= 0.3 is 0 Å². The first-order valence-electron chi connectivity index (χ1n) is 4.69. The van der Waals surface area contributed by atoms with Crippen molar-refractivity contribution in [1.82, 2.24) is 0 Å². The molecule has 2 saturated heterocycles. The summed E-state index contributed by atoms with van der Waals surface area (Å²) in [5, 5.41) is 0. The van der Waals surface area contributed by atoms with E-state index in [2.05, 4.69) is 13.8 Å². The predicted molar refractivity (Wildman–Crippen MR) is 45.6 cm³/mol. The largest absolute Gasteiger partial charge is 0.345 e. The number of ether oxygens (including phenoxy) is 2. The third-order valence-electron chi connectivity index (χ3n) is 3.14. The second-order valence-corrected chi connectivity index (χ2v) is 4.18. The molecule has 0 aliphatic carbocycles. The maximum absolute atomic E-state index is 5.80. The molecule has 70 valence electrons. The Bertz CT molecular complexity index is 185. The van der Waals surface area contributed by atoms with Crippen molar-refractivity contribution in [2.75, 3.05) is 6.54 Å². The van der Waals surface area contributed by atoms with E-state index in [1.807, 2.05) is 0 Å². The molecule has 2 rings (SSSR count). The van der Waals surface area contributed by atoms with E-state index < -0.39 is 0 Å². The van der Waals surface area contributed by atoms with Crippen LogP contribution in [0, 0.1) is 5.92 Å². The fourth-order valence-corrected chi connectivity index (χ4v) is 2.10. The highest BCUT2D eigenvalue weighted by Gasteiger charge is 2.50. The van der Waals surface area contributed by atoms with Crippen LogP contribution in [0.2, 0.25) is 0 Å². The highest BCUT2D eigenvalue weighted by Crippen LogP contribution is 2.42. The average Bonchev–Trinajstić information content (AvgIpc) is 2.33. The van der Waals surface area contributed by atoms with Gasteiger partial charge in [0.05, 0.1) is 5.60 Å². The topological polar surface area (TPSA) is 44.5 Å². The summed E-state index contributed by atoms with van der Waals surface area (Å²) in [5.41, 5.74) is 5.51. The summed E-state index contributed by atoms with van der Waals surface area (Å²) < 4.78 is 11.5. The number of rotatable bonds is 1. The zero-order valence-corrected chi connectivity index (χ0v) is 7.75. The Morgan fingerprint density at radius 1 is 1.58 bits per heavy atom. The van der Waals surface area contributed by atoms with Crippen LogP contribution < -0.4 is 5.73 Å². The maximum atomic E-state index is 5.80. The molecule has 0 unspecified atom stereocenters. The average molecular weight is 171 g/mol. The molecule has 2 bridgehead atoms. The monoisotopic (exact) mass is 171 g/mol. The number of hydrogen-bond donors (Lipinski definition) is 1. The summed E-state index contributed by atoms with van der Waals surface area (Å²) in [6, 6.07) is 0. The van der Waals surface area contributed by atoms with Crippen LogP contribution in [0.4, 0.5) is 0 Å². The lowest BCUT2D eigenvalue weighted by Gasteiger charge is -2.32. The molecule has 0 aromatic heterocycles. The first kappa shape index (κ1) is 8.48. The van der Waals surface area contributed by atoms with E-state index in [0.717, 1.165) is 6.42 Å². The van der Waals surface area contributed by atoms with Gasteiger partial charge in [0.25, 0.3) is 0 Å². The van der Waals surface area contributed by atoms with Gasteiger partial charge in [-0.25, -0.2) is 0 Å². The van der Waals surface area contributed by atoms with Crippen LogP contribution in [0.5, 0.6) is 0 Å². The molecule has 0 spiro atoms. The summed E-state index contributed by atoms with van der Waals surface area (Å²) in [6.07, 6.45) is 2.37. The third-order valence-corrected chi connectivity index (χ3v) is 3.14. The van der Waals surface area contributed by atoms with Crippen LogP contribution >= 0.6 is 0 Å². The highest BCUT2D eigenvalue weighted by atomic mass is 16.7. The molecule has 0 radical (unpaired) electrons. The second-order valence-electron chi connectivity index (χ2n) is 4.18. The SMILES string of the molecule is C[C@@H]1CC[C@@]2(C)O[C@H]1O[C@H]2CN. The fraction of sp³-hybridized carbons (Fsp3) is 1.00. The second kappa shape index (κ2) is 2.69. The normalized spacial score (nSPS) is 52.8. The molecule has 4 atom stereocenters. The lowest BCUT2D eigenvalue weighted by atomic mass is 9.88. The molecule has 0 saturated carbocycles. The van der Waals surface area contributed by atoms with Crippen molar-refractivity contribution in [2.45, 2.75) is 44.7 Å². The lowest BCUT2D eigenvalue weighted by Crippen LogP contribution is -2.42. The van der Waals surface area contributed by atoms with Crippen LogP contribution in [-0.4, -0.2) is 24.5 Å². The van der Waals surface area contributed by atoms with E-state index in [0.29, 0.717) is 12.5 Å². The van der Waals surface area contributed by atoms with Crippen molar-refractivity contribution >= 4 is 0 Å². The zero-order chi connectivity index (χ0) is 8.77. The van der Waals surface area contributed by atoms with Gasteiger partial charge in [-0.1, -0.05) is 6.92 Å². The maximum Gasteiger partial charge on any atom is 0.161 e. The highest BCUT2D eigenvalue weighted by molar-refractivity contribution is 4.95. The van der Waals surface area contributed by atoms with E-state index in [-0.39, 0.29) is 18.0 Å². The van der Waals surface area contributed by atoms with E-state index >= 15 is 0 Å². The van der Waals surface area contributed by atoms with Gasteiger partial charge in [-0.15, -0.1) is 0 Å². The summed E-state index contributed by atoms with van der Waals surface area (Å²) in [6.45, 7) is 4.85. The molecule has 0 aromatic rings. The van der Waals surface area contributed by atoms with Crippen LogP contribution in [0.3, 0.4) is 0 Å². The zero-order valence-electron chi connectivity index (χ0n) is 7.75. The minimum absolute atomic E-state index is 0.00250. The molecule has 0 amide bonds. The molecule has 2 heterocycles. The minimum Gasteiger partial charge on any atom is -0.345 e. The van der Waals surface area contributed by atoms with Crippen molar-refractivity contribution < 1.29 is 9.47 Å². The van der Waals surface area contributed by atoms with Gasteiger partial charge in [0, 0.05) is 12.5 Å². The molecular formula is C9H17NO2. The van der Waals surface area contributed by atoms with Crippen molar-refractivity contribution in [3.8, 4) is 0 Å². The Kier molecular flexibility index (Phi) is 1.90. The fourth-order valence-electron chi connectivity index (χ4n) is 2.10. The first-order chi connectivity index (χ1) is 5.65. The molecule has 2 aliphatic heterocycles. The van der Waals surface area contributed by atoms with E-state index in [1.54, 1.807) is 0 Å². The number of nitrogens with two attached hydrogens (primary N) is 1. The van der Waals surface area contributed by atoms with Crippen molar-refractivity contribution in [1.29, 1.82) is 0 Å². The molecule has 0 aromatic carbocycles. The van der Waals surface area contributed by atoms with Gasteiger partial charge < -0.3 is 15.2 Å². The van der Waals surface area contributed by atoms with Crippen LogP contribution in [0.25, 0.3) is 0 Å². The molecule has 3 heteroatoms. The minimum atomic E-state index is -0.105. The van der Waals surface area contributed by atoms with Crippen LogP contribution in [0.15, 0.2) is 0 Å². The van der Waals surface area contributed by atoms with E-state index in [1.165, 1.54) is 6.42 Å². The van der Waals surface area contributed by atoms with Crippen LogP contribution in [-0.2, 0) is 9.47 Å². The molecule has 2 aliphatic rings. The Labute approximate surface area is 73.2 Å². The predicted octanol–water partition coefficient (Wildman–Crippen LogP) is 0.875. The third kappa shape index (κ3) is 1.08. The summed E-state index contributed by atoms with van der Waals surface area (Å²) in [5.74, 6) is 0.523. The van der Waals surface area contributed by atoms with Crippen molar-refractivity contribution in [3.05, 3.63) is 0 Å². The molecular weight excluding hydrogens is 154 g/mol. The molecule has 2 fully saturated rings. The smallest absolute Gasteiger partial charge is 0.161 e. The Hall–Kier alpha value is -0.120. The van der Waals surface area contributed by atoms with Gasteiger partial charge in [-0.2, -0.15) is 0 Å². The van der Waals surface area contributed by atoms with Gasteiger partial charge in [0.2, 0.25) is 0 Å². The Balaban J connectivity index is 2.15. The summed E-state index contributed by atoms with van der Waals surface area (Å²) in [4.78, 5) is 0. The Morgan fingerprint density at radius 3 is 2.92 bits per heavy atom. The van der Waals surface area contributed by atoms with Crippen molar-refractivity contribution in [2.24, 2.45) is 11.7 Å². The molecule has 2 N–H and O–H groups in total. The Morgan fingerprint density at radius 2 is 2.33 bits per heavy atom. The summed E-state index contributed by atoms with van der Waals surface area (Å²) in [7, 11) is 0. The molecule has 12 heavy (non-hydrogen) atoms. The van der Waals surface area contributed by atoms with Crippen molar-refractivity contribution in [3.63, 3.8) is 0 Å². The van der Waals surface area contributed by atoms with E-state index in [4.69, 9.17) is 15.2 Å². The standard InChI is InChI=1S/C9H17NO2/c1-6-3-4-9(2)7(5-10)11-8(6)12-9/h6-8H,3-5,10H2,1-2H3/t6-,7+,8-,9-/m1/s1. The lowest BCUT2D eigenvalue weighted by molar-refractivity contribution is -0.143. The quantitative estimate of drug-likeness (QED) is 0.637. The van der Waals surface area contributed by atoms with Crippen LogP contribution in [0.1, 0.15) is 26.7 Å². The molecule has 3 nitrogen and oxygen atoms in total. The number of fused-ring (bicyclic) bond motifs is 2. The van der Waals surface area contributed by atoms with Gasteiger partial charge in [-0.05, 0) is 19.8 Å². The number of hydrogen-bond acceptors (Lipinski definition) is 3. The van der Waals surface area contributed by atoms with Gasteiger partial charge in [0.15, 0.2) is 6.29 Å². The van der Waals surface area contributed by atoms with Gasteiger partial charge in [-0.3, -0.25) is 0 Å². The van der Waals surface area contributed by atoms with E-state index in [9.17, 15) is 0 Å². The first-order valence-corrected chi connectivity index (χ1v) is 4.69. The summed E-state index contributed by atoms with van der Waals surface area (Å²) >= 11 is 0.